The Kier molecular flexibility index (Phi) is 24.8. The molecule has 0 radical (unpaired) electrons. The summed E-state index contributed by atoms with van der Waals surface area (Å²) in [5.41, 5.74) is 0. The Morgan fingerprint density at radius 1 is 0.829 bits per heavy atom. The molecule has 0 aliphatic heterocycles. The van der Waals surface area contributed by atoms with Crippen LogP contribution in [0.2, 0.25) is 0 Å². The van der Waals surface area contributed by atoms with Crippen molar-refractivity contribution in [3.8, 4) is 0 Å². The van der Waals surface area contributed by atoms with E-state index in [1.807, 2.05) is 27.2 Å². The minimum absolute atomic E-state index is 0.00371. The van der Waals surface area contributed by atoms with E-state index in [4.69, 9.17) is 9.05 Å². The second kappa shape index (κ2) is 25.5. The molecule has 0 bridgehead atoms. The largest absolute Gasteiger partial charge is 0.756 e. The average Bonchev–Trinajstić information content (AvgIpc) is 2.90. The first kappa shape index (κ1) is 40.0. The molecule has 2 N–H and O–H groups in total. The van der Waals surface area contributed by atoms with Crippen molar-refractivity contribution in [2.75, 3.05) is 40.9 Å². The van der Waals surface area contributed by atoms with Gasteiger partial charge in [-0.3, -0.25) is 9.36 Å². The van der Waals surface area contributed by atoms with Crippen LogP contribution in [-0.2, 0) is 18.4 Å². The van der Waals surface area contributed by atoms with E-state index in [9.17, 15) is 19.4 Å². The molecule has 0 aliphatic rings. The number of phosphoric acid groups is 1. The van der Waals surface area contributed by atoms with Gasteiger partial charge < -0.3 is 28.8 Å². The molecular weight excluding hydrogens is 539 g/mol. The summed E-state index contributed by atoms with van der Waals surface area (Å²) in [5.74, 6) is -0.219. The Morgan fingerprint density at radius 2 is 1.37 bits per heavy atom. The van der Waals surface area contributed by atoms with Gasteiger partial charge in [0.15, 0.2) is 0 Å². The Bertz CT molecular complexity index is 738. The van der Waals surface area contributed by atoms with Crippen LogP contribution in [0.1, 0.15) is 123 Å². The van der Waals surface area contributed by atoms with E-state index in [0.717, 1.165) is 51.4 Å². The standard InChI is InChI=1S/C32H63N2O6P/c1-6-8-10-12-13-14-15-16-17-18-19-20-21-22-24-26-32(36)33-30(31(35)25-23-11-9-7-2)29-40-41(37,38)39-28-27-34(3,4)5/h16-17,23,25,30-31,35H,6-15,18-22,24,26-29H2,1-5H3,(H-,33,36,37,38)/b17-16-,25-23+. The molecule has 8 nitrogen and oxygen atoms in total. The maximum Gasteiger partial charge on any atom is 0.268 e. The number of hydrogen-bond donors (Lipinski definition) is 2. The predicted molar refractivity (Wildman–Crippen MR) is 168 cm³/mol. The lowest BCUT2D eigenvalue weighted by atomic mass is 10.1. The van der Waals surface area contributed by atoms with Crippen LogP contribution in [-0.4, -0.2) is 68.5 Å². The number of aliphatic hydroxyl groups is 1. The number of amides is 1. The number of aliphatic hydroxyl groups excluding tert-OH is 1. The highest BCUT2D eigenvalue weighted by atomic mass is 31.2. The van der Waals surface area contributed by atoms with Crippen LogP contribution < -0.4 is 10.2 Å². The molecular formula is C32H63N2O6P. The van der Waals surface area contributed by atoms with E-state index < -0.39 is 20.0 Å². The number of carbonyl (C=O) groups excluding carboxylic acids is 1. The molecule has 9 heteroatoms. The molecule has 3 unspecified atom stereocenters. The van der Waals surface area contributed by atoms with Gasteiger partial charge in [-0.2, -0.15) is 0 Å². The fourth-order valence-electron chi connectivity index (χ4n) is 4.19. The van der Waals surface area contributed by atoms with E-state index in [1.54, 1.807) is 6.08 Å². The van der Waals surface area contributed by atoms with Gasteiger partial charge in [0, 0.05) is 6.42 Å². The van der Waals surface area contributed by atoms with Gasteiger partial charge in [-0.15, -0.1) is 0 Å². The van der Waals surface area contributed by atoms with Crippen LogP contribution in [0.25, 0.3) is 0 Å². The zero-order valence-electron chi connectivity index (χ0n) is 27.0. The van der Waals surface area contributed by atoms with Crippen LogP contribution in [0.3, 0.4) is 0 Å². The average molecular weight is 603 g/mol. The van der Waals surface area contributed by atoms with Gasteiger partial charge in [0.2, 0.25) is 5.91 Å². The number of allylic oxidation sites excluding steroid dienone is 3. The molecule has 242 valence electrons. The first-order chi connectivity index (χ1) is 19.5. The molecule has 0 rings (SSSR count). The third-order valence-electron chi connectivity index (χ3n) is 6.91. The zero-order valence-corrected chi connectivity index (χ0v) is 27.9. The van der Waals surface area contributed by atoms with Crippen LogP contribution in [0.15, 0.2) is 24.3 Å². The number of quaternary nitrogens is 1. The highest BCUT2D eigenvalue weighted by molar-refractivity contribution is 7.45. The van der Waals surface area contributed by atoms with Gasteiger partial charge in [0.05, 0.1) is 39.9 Å². The SMILES string of the molecule is CCCC/C=C/C(O)C(COP(=O)([O-])OCC[N+](C)(C)C)NC(=O)CCCCCCC/C=C\CCCCCCCC. The van der Waals surface area contributed by atoms with Crippen molar-refractivity contribution in [2.24, 2.45) is 0 Å². The van der Waals surface area contributed by atoms with Crippen molar-refractivity contribution >= 4 is 13.7 Å². The topological polar surface area (TPSA) is 108 Å². The Morgan fingerprint density at radius 3 is 1.95 bits per heavy atom. The lowest BCUT2D eigenvalue weighted by molar-refractivity contribution is -0.870. The summed E-state index contributed by atoms with van der Waals surface area (Å²) in [6.07, 6.45) is 25.6. The molecule has 41 heavy (non-hydrogen) atoms. The first-order valence-corrected chi connectivity index (χ1v) is 17.7. The van der Waals surface area contributed by atoms with Crippen molar-refractivity contribution < 1.29 is 32.9 Å². The number of unbranched alkanes of at least 4 members (excludes halogenated alkanes) is 13. The molecule has 1 amide bonds. The first-order valence-electron chi connectivity index (χ1n) is 16.2. The van der Waals surface area contributed by atoms with Crippen molar-refractivity contribution in [1.82, 2.24) is 5.32 Å². The third-order valence-corrected chi connectivity index (χ3v) is 7.87. The van der Waals surface area contributed by atoms with Crippen molar-refractivity contribution in [3.05, 3.63) is 24.3 Å². The smallest absolute Gasteiger partial charge is 0.268 e. The van der Waals surface area contributed by atoms with Gasteiger partial charge in [-0.05, 0) is 38.5 Å². The molecule has 0 aromatic carbocycles. The molecule has 0 aromatic rings. The minimum Gasteiger partial charge on any atom is -0.756 e. The summed E-state index contributed by atoms with van der Waals surface area (Å²) >= 11 is 0. The van der Waals surface area contributed by atoms with Gasteiger partial charge in [0.1, 0.15) is 13.2 Å². The lowest BCUT2D eigenvalue weighted by Gasteiger charge is -2.29. The maximum atomic E-state index is 12.6. The van der Waals surface area contributed by atoms with Gasteiger partial charge in [-0.25, -0.2) is 0 Å². The number of phosphoric ester groups is 1. The number of nitrogens with one attached hydrogen (secondary N) is 1. The molecule has 0 saturated carbocycles. The number of rotatable bonds is 28. The molecule has 0 heterocycles. The molecule has 0 aliphatic carbocycles. The van der Waals surface area contributed by atoms with Crippen LogP contribution in [0.4, 0.5) is 0 Å². The van der Waals surface area contributed by atoms with Crippen molar-refractivity contribution in [2.45, 2.75) is 135 Å². The molecule has 0 fully saturated rings. The predicted octanol–water partition coefficient (Wildman–Crippen LogP) is 6.82. The van der Waals surface area contributed by atoms with Gasteiger partial charge in [0.25, 0.3) is 7.82 Å². The van der Waals surface area contributed by atoms with Crippen molar-refractivity contribution in [3.63, 3.8) is 0 Å². The van der Waals surface area contributed by atoms with Gasteiger partial charge in [-0.1, -0.05) is 102 Å². The zero-order chi connectivity index (χ0) is 30.8. The van der Waals surface area contributed by atoms with E-state index in [1.165, 1.54) is 51.4 Å². The maximum absolute atomic E-state index is 12.6. The molecule has 0 spiro atoms. The summed E-state index contributed by atoms with van der Waals surface area (Å²) in [7, 11) is 1.24. The Balaban J connectivity index is 4.35. The summed E-state index contributed by atoms with van der Waals surface area (Å²) in [5, 5.41) is 13.4. The third kappa shape index (κ3) is 27.6. The van der Waals surface area contributed by atoms with Crippen LogP contribution in [0, 0.1) is 0 Å². The minimum atomic E-state index is -4.56. The summed E-state index contributed by atoms with van der Waals surface area (Å²) < 4.78 is 22.8. The number of hydrogen-bond acceptors (Lipinski definition) is 6. The second-order valence-corrected chi connectivity index (χ2v) is 13.6. The normalized spacial score (nSPS) is 15.4. The van der Waals surface area contributed by atoms with E-state index in [2.05, 4.69) is 31.3 Å². The van der Waals surface area contributed by atoms with E-state index in [-0.39, 0.29) is 19.1 Å². The highest BCUT2D eigenvalue weighted by Gasteiger charge is 2.23. The quantitative estimate of drug-likeness (QED) is 0.0440. The van der Waals surface area contributed by atoms with E-state index >= 15 is 0 Å². The molecule has 0 aromatic heterocycles. The number of likely N-dealkylation sites (N-methyl/N-ethyl adjacent to an activating group) is 1. The fraction of sp³-hybridized carbons (Fsp3) is 0.844. The molecule has 3 atom stereocenters. The Hall–Kier alpha value is -1.02. The summed E-state index contributed by atoms with van der Waals surface area (Å²) in [4.78, 5) is 24.8. The highest BCUT2D eigenvalue weighted by Crippen LogP contribution is 2.38. The van der Waals surface area contributed by atoms with Crippen LogP contribution in [0.5, 0.6) is 0 Å². The number of carbonyl (C=O) groups is 1. The van der Waals surface area contributed by atoms with Gasteiger partial charge >= 0.3 is 0 Å². The monoisotopic (exact) mass is 602 g/mol. The summed E-state index contributed by atoms with van der Waals surface area (Å²) in [6.45, 7) is 4.44. The fourth-order valence-corrected chi connectivity index (χ4v) is 4.91. The lowest BCUT2D eigenvalue weighted by Crippen LogP contribution is -2.45. The number of nitrogens with zero attached hydrogens (tertiary/aromatic N) is 1. The summed E-state index contributed by atoms with van der Waals surface area (Å²) in [6, 6.07) is -0.882. The second-order valence-electron chi connectivity index (χ2n) is 12.2. The van der Waals surface area contributed by atoms with Crippen molar-refractivity contribution in [1.29, 1.82) is 0 Å². The van der Waals surface area contributed by atoms with Crippen LogP contribution >= 0.6 is 7.82 Å². The van der Waals surface area contributed by atoms with E-state index in [0.29, 0.717) is 17.4 Å². The Labute approximate surface area is 252 Å². The molecule has 0 saturated heterocycles.